The SMILES string of the molecule is CC(Cc1cc(C(C)(C)C)ccc1C(C)(C)C)c1cccc(C(C)(C)C)c1C(C)(C)C. The zero-order valence-electron chi connectivity index (χ0n) is 22.7. The van der Waals surface area contributed by atoms with Crippen molar-refractivity contribution in [1.82, 2.24) is 0 Å². The van der Waals surface area contributed by atoms with E-state index in [1.807, 2.05) is 0 Å². The monoisotopic (exact) mass is 420 g/mol. The molecule has 0 spiro atoms. The molecule has 2 aromatic rings. The van der Waals surface area contributed by atoms with Crippen LogP contribution in [-0.2, 0) is 28.1 Å². The molecular formula is C31H48. The molecular weight excluding hydrogens is 372 g/mol. The summed E-state index contributed by atoms with van der Waals surface area (Å²) in [6, 6.07) is 14.2. The van der Waals surface area contributed by atoms with Gasteiger partial charge in [-0.2, -0.15) is 0 Å². The Bertz CT molecular complexity index is 899. The molecule has 0 fully saturated rings. The molecule has 0 heterocycles. The molecule has 31 heavy (non-hydrogen) atoms. The zero-order valence-corrected chi connectivity index (χ0v) is 22.7. The van der Waals surface area contributed by atoms with Gasteiger partial charge in [-0.1, -0.05) is 126 Å². The Labute approximate surface area is 193 Å². The van der Waals surface area contributed by atoms with E-state index >= 15 is 0 Å². The van der Waals surface area contributed by atoms with Crippen LogP contribution in [0.25, 0.3) is 0 Å². The Morgan fingerprint density at radius 3 is 1.61 bits per heavy atom. The minimum Gasteiger partial charge on any atom is -0.0617 e. The maximum atomic E-state index is 2.49. The first-order valence-corrected chi connectivity index (χ1v) is 12.1. The van der Waals surface area contributed by atoms with E-state index in [-0.39, 0.29) is 21.7 Å². The van der Waals surface area contributed by atoms with E-state index < -0.39 is 0 Å². The number of hydrogen-bond donors (Lipinski definition) is 0. The minimum absolute atomic E-state index is 0.119. The predicted molar refractivity (Wildman–Crippen MR) is 140 cm³/mol. The maximum absolute atomic E-state index is 2.49. The maximum Gasteiger partial charge on any atom is -0.0126 e. The molecule has 0 saturated heterocycles. The van der Waals surface area contributed by atoms with Crippen LogP contribution >= 0.6 is 0 Å². The number of rotatable bonds is 3. The van der Waals surface area contributed by atoms with Crippen molar-refractivity contribution in [2.45, 2.75) is 124 Å². The molecule has 1 atom stereocenters. The molecule has 172 valence electrons. The van der Waals surface area contributed by atoms with Gasteiger partial charge in [-0.05, 0) is 67.4 Å². The summed E-state index contributed by atoms with van der Waals surface area (Å²) in [6.45, 7) is 30.5. The van der Waals surface area contributed by atoms with Crippen molar-refractivity contribution in [2.24, 2.45) is 0 Å². The van der Waals surface area contributed by atoms with E-state index in [1.165, 1.54) is 27.8 Å². The van der Waals surface area contributed by atoms with Crippen molar-refractivity contribution in [3.05, 3.63) is 69.8 Å². The van der Waals surface area contributed by atoms with E-state index in [4.69, 9.17) is 0 Å². The van der Waals surface area contributed by atoms with E-state index in [0.717, 1.165) is 6.42 Å². The van der Waals surface area contributed by atoms with E-state index in [1.54, 1.807) is 5.56 Å². The lowest BCUT2D eigenvalue weighted by molar-refractivity contribution is 0.518. The van der Waals surface area contributed by atoms with Crippen molar-refractivity contribution < 1.29 is 0 Å². The van der Waals surface area contributed by atoms with Crippen LogP contribution in [0.2, 0.25) is 0 Å². The van der Waals surface area contributed by atoms with Gasteiger partial charge in [-0.25, -0.2) is 0 Å². The summed E-state index contributed by atoms with van der Waals surface area (Å²) in [6.07, 6.45) is 1.08. The summed E-state index contributed by atoms with van der Waals surface area (Å²) in [4.78, 5) is 0. The average molecular weight is 421 g/mol. The van der Waals surface area contributed by atoms with Gasteiger partial charge < -0.3 is 0 Å². The highest BCUT2D eigenvalue weighted by Gasteiger charge is 2.30. The second-order valence-electron chi connectivity index (χ2n) is 13.7. The van der Waals surface area contributed by atoms with Crippen molar-refractivity contribution in [3.8, 4) is 0 Å². The van der Waals surface area contributed by atoms with Gasteiger partial charge in [0.1, 0.15) is 0 Å². The van der Waals surface area contributed by atoms with Gasteiger partial charge in [0.25, 0.3) is 0 Å². The third-order valence-corrected chi connectivity index (χ3v) is 6.49. The molecule has 2 aromatic carbocycles. The summed E-state index contributed by atoms with van der Waals surface area (Å²) >= 11 is 0. The number of benzene rings is 2. The molecule has 0 aromatic heterocycles. The fourth-order valence-electron chi connectivity index (χ4n) is 4.84. The highest BCUT2D eigenvalue weighted by molar-refractivity contribution is 5.47. The van der Waals surface area contributed by atoms with Gasteiger partial charge in [0.05, 0.1) is 0 Å². The Balaban J connectivity index is 2.64. The van der Waals surface area contributed by atoms with Crippen LogP contribution in [0, 0.1) is 0 Å². The lowest BCUT2D eigenvalue weighted by atomic mass is 9.70. The first-order chi connectivity index (χ1) is 13.8. The van der Waals surface area contributed by atoms with Crippen LogP contribution in [0.3, 0.4) is 0 Å². The fraction of sp³-hybridized carbons (Fsp3) is 0.613. The first-order valence-electron chi connectivity index (χ1n) is 12.1. The molecule has 0 aliphatic carbocycles. The molecule has 0 aliphatic heterocycles. The van der Waals surface area contributed by atoms with Crippen LogP contribution in [0.15, 0.2) is 36.4 Å². The van der Waals surface area contributed by atoms with Crippen molar-refractivity contribution >= 4 is 0 Å². The predicted octanol–water partition coefficient (Wildman–Crippen LogP) is 9.22. The molecule has 0 amide bonds. The lowest BCUT2D eigenvalue weighted by Crippen LogP contribution is -2.25. The van der Waals surface area contributed by atoms with Crippen LogP contribution in [0.1, 0.15) is 129 Å². The Hall–Kier alpha value is -1.56. The topological polar surface area (TPSA) is 0 Å². The van der Waals surface area contributed by atoms with Crippen molar-refractivity contribution in [1.29, 1.82) is 0 Å². The fourth-order valence-corrected chi connectivity index (χ4v) is 4.84. The van der Waals surface area contributed by atoms with Gasteiger partial charge in [-0.3, -0.25) is 0 Å². The second-order valence-corrected chi connectivity index (χ2v) is 13.7. The van der Waals surface area contributed by atoms with Crippen LogP contribution in [0.4, 0.5) is 0 Å². The first kappa shape index (κ1) is 25.7. The second kappa shape index (κ2) is 8.42. The molecule has 0 radical (unpaired) electrons. The third-order valence-electron chi connectivity index (χ3n) is 6.49. The highest BCUT2D eigenvalue weighted by atomic mass is 14.3. The van der Waals surface area contributed by atoms with E-state index in [9.17, 15) is 0 Å². The molecule has 0 bridgehead atoms. The summed E-state index contributed by atoms with van der Waals surface area (Å²) < 4.78 is 0. The number of hydrogen-bond acceptors (Lipinski definition) is 0. The smallest absolute Gasteiger partial charge is 0.0126 e. The Morgan fingerprint density at radius 1 is 0.613 bits per heavy atom. The van der Waals surface area contributed by atoms with Crippen LogP contribution in [0.5, 0.6) is 0 Å². The van der Waals surface area contributed by atoms with Crippen LogP contribution < -0.4 is 0 Å². The lowest BCUT2D eigenvalue weighted by Gasteiger charge is -2.34. The van der Waals surface area contributed by atoms with Crippen molar-refractivity contribution in [2.75, 3.05) is 0 Å². The highest BCUT2D eigenvalue weighted by Crippen LogP contribution is 2.40. The largest absolute Gasteiger partial charge is 0.0617 e. The minimum atomic E-state index is 0.119. The molecule has 0 saturated carbocycles. The molecule has 1 unspecified atom stereocenters. The summed E-state index contributed by atoms with van der Waals surface area (Å²) in [5.74, 6) is 0.466. The molecule has 0 aliphatic rings. The van der Waals surface area contributed by atoms with Gasteiger partial charge in [0.15, 0.2) is 0 Å². The Kier molecular flexibility index (Phi) is 6.98. The Morgan fingerprint density at radius 2 is 1.16 bits per heavy atom. The van der Waals surface area contributed by atoms with Gasteiger partial charge in [0, 0.05) is 0 Å². The van der Waals surface area contributed by atoms with E-state index in [2.05, 4.69) is 126 Å². The quantitative estimate of drug-likeness (QED) is 0.464. The zero-order chi connectivity index (χ0) is 24.0. The third kappa shape index (κ3) is 6.03. The normalized spacial score (nSPS) is 14.6. The van der Waals surface area contributed by atoms with Crippen LogP contribution in [-0.4, -0.2) is 0 Å². The average Bonchev–Trinajstić information content (AvgIpc) is 2.57. The summed E-state index contributed by atoms with van der Waals surface area (Å²) in [5, 5.41) is 0. The van der Waals surface area contributed by atoms with Gasteiger partial charge in [-0.15, -0.1) is 0 Å². The van der Waals surface area contributed by atoms with Gasteiger partial charge >= 0.3 is 0 Å². The molecule has 0 nitrogen and oxygen atoms in total. The van der Waals surface area contributed by atoms with Crippen molar-refractivity contribution in [3.63, 3.8) is 0 Å². The molecule has 2 rings (SSSR count). The molecule has 0 N–H and O–H groups in total. The summed E-state index contributed by atoms with van der Waals surface area (Å²) in [5.41, 5.74) is 9.54. The summed E-state index contributed by atoms with van der Waals surface area (Å²) in [7, 11) is 0. The standard InChI is InChI=1S/C31H48/c1-21(24-15-14-16-26(30(8,9)10)27(24)31(11,12)13)19-22-20-23(28(2,3)4)17-18-25(22)29(5,6)7/h14-18,20-21H,19H2,1-13H3. The van der Waals surface area contributed by atoms with Gasteiger partial charge in [0.2, 0.25) is 0 Å². The van der Waals surface area contributed by atoms with E-state index in [0.29, 0.717) is 5.92 Å². The molecule has 0 heteroatoms.